The van der Waals surface area contributed by atoms with Crippen molar-refractivity contribution in [3.63, 3.8) is 0 Å². The van der Waals surface area contributed by atoms with Crippen LogP contribution in [0.1, 0.15) is 17.3 Å². The Hall–Kier alpha value is -3.21. The molecule has 1 aromatic carbocycles. The molecule has 0 aliphatic rings. The smallest absolute Gasteiger partial charge is 0.159 e. The molecule has 0 spiro atoms. The lowest BCUT2D eigenvalue weighted by Gasteiger charge is -2.12. The molecule has 24 heavy (non-hydrogen) atoms. The van der Waals surface area contributed by atoms with Gasteiger partial charge in [0.05, 0.1) is 11.2 Å². The molecule has 0 fully saturated rings. The molecule has 0 aliphatic carbocycles. The normalized spacial score (nSPS) is 12.3. The summed E-state index contributed by atoms with van der Waals surface area (Å²) in [6.07, 6.45) is 4.13. The van der Waals surface area contributed by atoms with Crippen LogP contribution in [-0.4, -0.2) is 15.0 Å². The van der Waals surface area contributed by atoms with Crippen LogP contribution in [0.4, 0.5) is 0 Å². The average Bonchev–Trinajstić information content (AvgIpc) is 2.66. The highest BCUT2D eigenvalue weighted by Gasteiger charge is 2.15. The molecule has 1 N–H and O–H groups in total. The maximum atomic E-state index is 7.61. The van der Waals surface area contributed by atoms with Crippen molar-refractivity contribution in [2.24, 2.45) is 5.11 Å². The summed E-state index contributed by atoms with van der Waals surface area (Å²) in [7, 11) is 0. The Balaban J connectivity index is 1.73. The molecule has 5 nitrogen and oxygen atoms in total. The molecular formula is C19H15N5. The van der Waals surface area contributed by atoms with E-state index in [1.807, 2.05) is 54.6 Å². The van der Waals surface area contributed by atoms with Crippen LogP contribution in [0, 0.1) is 5.53 Å². The largest absolute Gasteiger partial charge is 0.256 e. The summed E-state index contributed by atoms with van der Waals surface area (Å²) in [5.41, 5.74) is 11.1. The number of pyridine rings is 3. The SMILES string of the molecule is N=NC(Cc1ccnc2ccccc12)c1ccc2cccnc2n1. The van der Waals surface area contributed by atoms with Gasteiger partial charge in [-0.3, -0.25) is 4.98 Å². The fourth-order valence-electron chi connectivity index (χ4n) is 2.91. The second kappa shape index (κ2) is 6.12. The third-order valence-corrected chi connectivity index (χ3v) is 4.14. The molecule has 1 unspecified atom stereocenters. The number of hydrogen-bond acceptors (Lipinski definition) is 5. The Kier molecular flexibility index (Phi) is 3.67. The first-order valence-electron chi connectivity index (χ1n) is 7.76. The minimum atomic E-state index is -0.331. The van der Waals surface area contributed by atoms with Gasteiger partial charge in [0.2, 0.25) is 0 Å². The van der Waals surface area contributed by atoms with Gasteiger partial charge in [-0.15, -0.1) is 0 Å². The molecular weight excluding hydrogens is 298 g/mol. The molecule has 1 atom stereocenters. The van der Waals surface area contributed by atoms with Crippen LogP contribution in [0.25, 0.3) is 21.9 Å². The number of aromatic nitrogens is 3. The quantitative estimate of drug-likeness (QED) is 0.564. The van der Waals surface area contributed by atoms with Gasteiger partial charge in [0.25, 0.3) is 0 Å². The van der Waals surface area contributed by atoms with E-state index in [1.165, 1.54) is 0 Å². The van der Waals surface area contributed by atoms with E-state index < -0.39 is 0 Å². The van der Waals surface area contributed by atoms with Crippen LogP contribution in [-0.2, 0) is 6.42 Å². The Morgan fingerprint density at radius 1 is 0.917 bits per heavy atom. The fraction of sp³-hybridized carbons (Fsp3) is 0.105. The third-order valence-electron chi connectivity index (χ3n) is 4.14. The fourth-order valence-corrected chi connectivity index (χ4v) is 2.91. The highest BCUT2D eigenvalue weighted by Crippen LogP contribution is 2.26. The second-order valence-electron chi connectivity index (χ2n) is 5.62. The summed E-state index contributed by atoms with van der Waals surface area (Å²) in [5.74, 6) is 0. The first-order valence-corrected chi connectivity index (χ1v) is 7.76. The Bertz CT molecular complexity index is 1020. The minimum Gasteiger partial charge on any atom is -0.256 e. The third kappa shape index (κ3) is 2.60. The summed E-state index contributed by atoms with van der Waals surface area (Å²) < 4.78 is 0. The van der Waals surface area contributed by atoms with Crippen LogP contribution < -0.4 is 0 Å². The average molecular weight is 313 g/mol. The monoisotopic (exact) mass is 313 g/mol. The molecule has 0 bridgehead atoms. The molecule has 0 saturated heterocycles. The van der Waals surface area contributed by atoms with E-state index in [0.29, 0.717) is 12.1 Å². The van der Waals surface area contributed by atoms with Crippen molar-refractivity contribution in [3.8, 4) is 0 Å². The van der Waals surface area contributed by atoms with Crippen LogP contribution in [0.15, 0.2) is 72.1 Å². The number of nitrogens with one attached hydrogen (secondary N) is 1. The number of fused-ring (bicyclic) bond motifs is 2. The highest BCUT2D eigenvalue weighted by atomic mass is 15.0. The molecule has 116 valence electrons. The maximum Gasteiger partial charge on any atom is 0.159 e. The van der Waals surface area contributed by atoms with Crippen molar-refractivity contribution in [1.82, 2.24) is 15.0 Å². The van der Waals surface area contributed by atoms with Crippen molar-refractivity contribution in [2.45, 2.75) is 12.5 Å². The molecule has 0 amide bonds. The zero-order valence-corrected chi connectivity index (χ0v) is 12.9. The molecule has 0 aliphatic heterocycles. The van der Waals surface area contributed by atoms with Crippen molar-refractivity contribution in [1.29, 1.82) is 5.53 Å². The number of rotatable bonds is 4. The van der Waals surface area contributed by atoms with Crippen molar-refractivity contribution >= 4 is 21.9 Å². The molecule has 3 heterocycles. The zero-order chi connectivity index (χ0) is 16.4. The van der Waals surface area contributed by atoms with E-state index in [-0.39, 0.29) is 6.04 Å². The van der Waals surface area contributed by atoms with Gasteiger partial charge >= 0.3 is 0 Å². The van der Waals surface area contributed by atoms with Crippen LogP contribution in [0.5, 0.6) is 0 Å². The number of para-hydroxylation sites is 1. The van der Waals surface area contributed by atoms with Crippen molar-refractivity contribution < 1.29 is 0 Å². The van der Waals surface area contributed by atoms with Crippen molar-refractivity contribution in [3.05, 3.63) is 78.2 Å². The van der Waals surface area contributed by atoms with Gasteiger partial charge in [0.15, 0.2) is 5.65 Å². The number of hydrogen-bond donors (Lipinski definition) is 1. The maximum absolute atomic E-state index is 7.61. The van der Waals surface area contributed by atoms with Gasteiger partial charge in [-0.25, -0.2) is 15.5 Å². The summed E-state index contributed by atoms with van der Waals surface area (Å²) in [5, 5.41) is 5.88. The van der Waals surface area contributed by atoms with E-state index in [4.69, 9.17) is 5.53 Å². The standard InChI is InChI=1S/C19H15N5/c20-24-18(17-8-7-13-4-3-10-22-19(13)23-17)12-14-9-11-21-16-6-2-1-5-15(14)16/h1-11,18,20H,12H2. The Morgan fingerprint density at radius 3 is 2.75 bits per heavy atom. The van der Waals surface area contributed by atoms with Crippen molar-refractivity contribution in [2.75, 3.05) is 0 Å². The van der Waals surface area contributed by atoms with Crippen LogP contribution in [0.2, 0.25) is 0 Å². The van der Waals surface area contributed by atoms with Gasteiger partial charge in [0.1, 0.15) is 6.04 Å². The predicted molar refractivity (Wildman–Crippen MR) is 92.9 cm³/mol. The summed E-state index contributed by atoms with van der Waals surface area (Å²) in [6, 6.07) is 17.4. The molecule has 0 radical (unpaired) electrons. The number of benzene rings is 1. The minimum absolute atomic E-state index is 0.331. The lowest BCUT2D eigenvalue weighted by Crippen LogP contribution is -2.03. The van der Waals surface area contributed by atoms with Gasteiger partial charge in [-0.05, 0) is 42.0 Å². The first kappa shape index (κ1) is 14.4. The van der Waals surface area contributed by atoms with E-state index in [0.717, 1.165) is 27.5 Å². The van der Waals surface area contributed by atoms with E-state index in [1.54, 1.807) is 12.4 Å². The second-order valence-corrected chi connectivity index (χ2v) is 5.62. The first-order chi connectivity index (χ1) is 11.8. The zero-order valence-electron chi connectivity index (χ0n) is 12.9. The van der Waals surface area contributed by atoms with Gasteiger partial charge in [0, 0.05) is 29.6 Å². The topological polar surface area (TPSA) is 74.9 Å². The Labute approximate surface area is 138 Å². The molecule has 4 aromatic rings. The summed E-state index contributed by atoms with van der Waals surface area (Å²) in [6.45, 7) is 0. The lowest BCUT2D eigenvalue weighted by atomic mass is 10.00. The molecule has 0 saturated carbocycles. The van der Waals surface area contributed by atoms with E-state index >= 15 is 0 Å². The number of nitrogens with zero attached hydrogens (tertiary/aromatic N) is 4. The lowest BCUT2D eigenvalue weighted by molar-refractivity contribution is 0.647. The van der Waals surface area contributed by atoms with E-state index in [9.17, 15) is 0 Å². The highest BCUT2D eigenvalue weighted by molar-refractivity contribution is 5.82. The van der Waals surface area contributed by atoms with Crippen LogP contribution >= 0.6 is 0 Å². The predicted octanol–water partition coefficient (Wildman–Crippen LogP) is 4.49. The molecule has 5 heteroatoms. The molecule has 4 rings (SSSR count). The van der Waals surface area contributed by atoms with Gasteiger partial charge < -0.3 is 0 Å². The molecule has 3 aromatic heterocycles. The summed E-state index contributed by atoms with van der Waals surface area (Å²) in [4.78, 5) is 13.3. The van der Waals surface area contributed by atoms with Gasteiger partial charge in [-0.1, -0.05) is 18.2 Å². The van der Waals surface area contributed by atoms with Gasteiger partial charge in [-0.2, -0.15) is 5.11 Å². The summed E-state index contributed by atoms with van der Waals surface area (Å²) >= 11 is 0. The van der Waals surface area contributed by atoms with Crippen LogP contribution in [0.3, 0.4) is 0 Å². The van der Waals surface area contributed by atoms with E-state index in [2.05, 4.69) is 20.1 Å². The Morgan fingerprint density at radius 2 is 1.83 bits per heavy atom.